The van der Waals surface area contributed by atoms with E-state index in [0.29, 0.717) is 0 Å². The Morgan fingerprint density at radius 2 is 2.23 bits per heavy atom. The molecular weight excluding hydrogens is 175 g/mol. The lowest BCUT2D eigenvalue weighted by atomic mass is 10.1. The van der Waals surface area contributed by atoms with Crippen molar-refractivity contribution >= 4 is 11.7 Å². The van der Waals surface area contributed by atoms with E-state index < -0.39 is 17.3 Å². The number of carbonyl (C=O) groups is 1. The second-order valence-corrected chi connectivity index (χ2v) is 2.34. The van der Waals surface area contributed by atoms with Crippen LogP contribution < -0.4 is 5.73 Å². The van der Waals surface area contributed by atoms with Crippen molar-refractivity contribution in [2.45, 2.75) is 0 Å². The Labute approximate surface area is 73.0 Å². The Bertz CT molecular complexity index is 409. The third kappa shape index (κ3) is 1.56. The van der Waals surface area contributed by atoms with Crippen LogP contribution in [-0.4, -0.2) is 11.1 Å². The first-order chi connectivity index (χ1) is 6.06. The van der Waals surface area contributed by atoms with Gasteiger partial charge in [-0.2, -0.15) is 5.26 Å². The van der Waals surface area contributed by atoms with E-state index in [1.165, 1.54) is 0 Å². The molecule has 0 aliphatic carbocycles. The molecule has 0 aliphatic heterocycles. The van der Waals surface area contributed by atoms with Crippen molar-refractivity contribution in [3.8, 4) is 6.07 Å². The third-order valence-corrected chi connectivity index (χ3v) is 1.49. The summed E-state index contributed by atoms with van der Waals surface area (Å²) in [6, 6.07) is 3.39. The quantitative estimate of drug-likeness (QED) is 0.630. The predicted octanol–water partition coefficient (Wildman–Crippen LogP) is 0.978. The average Bonchev–Trinajstić information content (AvgIpc) is 2.03. The average molecular weight is 180 g/mol. The highest BCUT2D eigenvalue weighted by Gasteiger charge is 2.13. The Morgan fingerprint density at radius 1 is 1.62 bits per heavy atom. The molecule has 0 aliphatic rings. The molecule has 1 rings (SSSR count). The minimum absolute atomic E-state index is 0.0428. The van der Waals surface area contributed by atoms with Gasteiger partial charge in [-0.1, -0.05) is 0 Å². The van der Waals surface area contributed by atoms with Crippen LogP contribution in [0.4, 0.5) is 10.1 Å². The van der Waals surface area contributed by atoms with E-state index in [1.54, 1.807) is 6.07 Å². The van der Waals surface area contributed by atoms with Crippen LogP contribution in [-0.2, 0) is 0 Å². The van der Waals surface area contributed by atoms with Gasteiger partial charge in [0.15, 0.2) is 0 Å². The van der Waals surface area contributed by atoms with E-state index in [2.05, 4.69) is 0 Å². The summed E-state index contributed by atoms with van der Waals surface area (Å²) in [4.78, 5) is 10.4. The molecule has 0 heterocycles. The van der Waals surface area contributed by atoms with Gasteiger partial charge < -0.3 is 10.8 Å². The molecule has 0 spiro atoms. The molecule has 0 aromatic heterocycles. The molecule has 0 bridgehead atoms. The molecular formula is C8H5FN2O2. The molecule has 0 saturated heterocycles. The molecule has 13 heavy (non-hydrogen) atoms. The van der Waals surface area contributed by atoms with Crippen LogP contribution in [0.1, 0.15) is 15.9 Å². The molecule has 0 radical (unpaired) electrons. The van der Waals surface area contributed by atoms with E-state index in [-0.39, 0.29) is 11.3 Å². The van der Waals surface area contributed by atoms with Gasteiger partial charge in [0.05, 0.1) is 16.8 Å². The molecule has 3 N–H and O–H groups in total. The van der Waals surface area contributed by atoms with Crippen molar-refractivity contribution in [2.75, 3.05) is 5.73 Å². The van der Waals surface area contributed by atoms with Crippen LogP contribution in [0.15, 0.2) is 12.1 Å². The standard InChI is InChI=1S/C8H5FN2O2/c9-6-2-7(11)4(3-10)1-5(6)8(12)13/h1-2H,11H2,(H,12,13). The minimum atomic E-state index is -1.42. The van der Waals surface area contributed by atoms with E-state index in [9.17, 15) is 9.18 Å². The fourth-order valence-electron chi connectivity index (χ4n) is 0.849. The second-order valence-electron chi connectivity index (χ2n) is 2.34. The molecule has 5 heteroatoms. The molecule has 0 atom stereocenters. The zero-order valence-corrected chi connectivity index (χ0v) is 6.41. The monoisotopic (exact) mass is 180 g/mol. The number of nitrogens with zero attached hydrogens (tertiary/aromatic N) is 1. The van der Waals surface area contributed by atoms with Crippen molar-refractivity contribution < 1.29 is 14.3 Å². The second kappa shape index (κ2) is 3.11. The molecule has 1 aromatic rings. The van der Waals surface area contributed by atoms with Crippen molar-refractivity contribution in [3.05, 3.63) is 29.1 Å². The molecule has 0 fully saturated rings. The van der Waals surface area contributed by atoms with E-state index in [1.807, 2.05) is 0 Å². The first-order valence-corrected chi connectivity index (χ1v) is 3.28. The summed E-state index contributed by atoms with van der Waals surface area (Å²) in [5.41, 5.74) is 4.59. The number of aromatic carboxylic acids is 1. The summed E-state index contributed by atoms with van der Waals surface area (Å²) in [6.07, 6.45) is 0. The fraction of sp³-hybridized carbons (Fsp3) is 0. The number of anilines is 1. The number of halogens is 1. The predicted molar refractivity (Wildman–Crippen MR) is 42.5 cm³/mol. The maximum Gasteiger partial charge on any atom is 0.338 e. The molecule has 0 unspecified atom stereocenters. The van der Waals surface area contributed by atoms with E-state index in [4.69, 9.17) is 16.1 Å². The lowest BCUT2D eigenvalue weighted by Gasteiger charge is -2.00. The summed E-state index contributed by atoms with van der Waals surface area (Å²) >= 11 is 0. The van der Waals surface area contributed by atoms with Crippen molar-refractivity contribution in [3.63, 3.8) is 0 Å². The Balaban J connectivity index is 3.41. The Morgan fingerprint density at radius 3 is 2.69 bits per heavy atom. The van der Waals surface area contributed by atoms with Gasteiger partial charge in [-0.3, -0.25) is 0 Å². The number of rotatable bonds is 1. The normalized spacial score (nSPS) is 9.23. The maximum atomic E-state index is 12.8. The number of benzene rings is 1. The highest BCUT2D eigenvalue weighted by Crippen LogP contribution is 2.16. The lowest BCUT2D eigenvalue weighted by molar-refractivity contribution is 0.0692. The maximum absolute atomic E-state index is 12.8. The van der Waals surface area contributed by atoms with Crippen molar-refractivity contribution in [1.82, 2.24) is 0 Å². The van der Waals surface area contributed by atoms with Gasteiger partial charge in [-0.05, 0) is 12.1 Å². The van der Waals surface area contributed by atoms with Crippen LogP contribution in [0.25, 0.3) is 0 Å². The lowest BCUT2D eigenvalue weighted by Crippen LogP contribution is -2.03. The van der Waals surface area contributed by atoms with Crippen LogP contribution in [0.5, 0.6) is 0 Å². The first kappa shape index (κ1) is 9.00. The number of hydrogen-bond donors (Lipinski definition) is 2. The molecule has 0 saturated carbocycles. The smallest absolute Gasteiger partial charge is 0.338 e. The summed E-state index contributed by atoms with van der Waals surface area (Å²) in [5.74, 6) is -2.36. The third-order valence-electron chi connectivity index (χ3n) is 1.49. The van der Waals surface area contributed by atoms with Gasteiger partial charge >= 0.3 is 5.97 Å². The SMILES string of the molecule is N#Cc1cc(C(=O)O)c(F)cc1N. The molecule has 0 amide bonds. The molecule has 4 nitrogen and oxygen atoms in total. The topological polar surface area (TPSA) is 87.1 Å². The number of carboxylic acids is 1. The Hall–Kier alpha value is -2.09. The van der Waals surface area contributed by atoms with Crippen molar-refractivity contribution in [1.29, 1.82) is 5.26 Å². The highest BCUT2D eigenvalue weighted by atomic mass is 19.1. The van der Waals surface area contributed by atoms with E-state index in [0.717, 1.165) is 12.1 Å². The first-order valence-electron chi connectivity index (χ1n) is 3.28. The van der Waals surface area contributed by atoms with Gasteiger partial charge in [-0.25, -0.2) is 9.18 Å². The minimum Gasteiger partial charge on any atom is -0.478 e. The van der Waals surface area contributed by atoms with Crippen LogP contribution >= 0.6 is 0 Å². The van der Waals surface area contributed by atoms with E-state index >= 15 is 0 Å². The number of hydrogen-bond acceptors (Lipinski definition) is 3. The molecule has 66 valence electrons. The van der Waals surface area contributed by atoms with Crippen molar-refractivity contribution in [2.24, 2.45) is 0 Å². The fourth-order valence-corrected chi connectivity index (χ4v) is 0.849. The number of nitrogen functional groups attached to an aromatic ring is 1. The molecule has 1 aromatic carbocycles. The zero-order valence-electron chi connectivity index (χ0n) is 6.41. The van der Waals surface area contributed by atoms with Gasteiger partial charge in [-0.15, -0.1) is 0 Å². The van der Waals surface area contributed by atoms with Crippen LogP contribution in [0.3, 0.4) is 0 Å². The highest BCUT2D eigenvalue weighted by molar-refractivity contribution is 5.89. The van der Waals surface area contributed by atoms with Gasteiger partial charge in [0.1, 0.15) is 11.9 Å². The zero-order chi connectivity index (χ0) is 10.0. The Kier molecular flexibility index (Phi) is 2.15. The van der Waals surface area contributed by atoms with Gasteiger partial charge in [0.2, 0.25) is 0 Å². The number of nitriles is 1. The largest absolute Gasteiger partial charge is 0.478 e. The summed E-state index contributed by atoms with van der Waals surface area (Å²) < 4.78 is 12.8. The number of nitrogens with two attached hydrogens (primary N) is 1. The van der Waals surface area contributed by atoms with Gasteiger partial charge in [0.25, 0.3) is 0 Å². The van der Waals surface area contributed by atoms with Crippen LogP contribution in [0, 0.1) is 17.1 Å². The van der Waals surface area contributed by atoms with Gasteiger partial charge in [0, 0.05) is 0 Å². The summed E-state index contributed by atoms with van der Waals surface area (Å²) in [7, 11) is 0. The summed E-state index contributed by atoms with van der Waals surface area (Å²) in [5, 5.41) is 17.0. The summed E-state index contributed by atoms with van der Waals surface area (Å²) in [6.45, 7) is 0. The number of carboxylic acid groups (broad SMARTS) is 1. The van der Waals surface area contributed by atoms with Crippen LogP contribution in [0.2, 0.25) is 0 Å².